The van der Waals surface area contributed by atoms with E-state index in [0.717, 1.165) is 30.0 Å². The lowest BCUT2D eigenvalue weighted by Crippen LogP contribution is -2.51. The maximum Gasteiger partial charge on any atom is 0.303 e. The SMILES string of the molecule is CC(=O)N1N=C(c2cc(F)ccc2F)SC12c1ccccc1OCC2CC(=O)O. The van der Waals surface area contributed by atoms with Crippen molar-refractivity contribution in [1.82, 2.24) is 5.01 Å². The summed E-state index contributed by atoms with van der Waals surface area (Å²) in [4.78, 5) is 22.8. The smallest absolute Gasteiger partial charge is 0.303 e. The molecule has 2 aromatic carbocycles. The zero-order chi connectivity index (χ0) is 20.8. The number of carbonyl (C=O) groups is 2. The molecule has 0 bridgehead atoms. The van der Waals surface area contributed by atoms with Crippen molar-refractivity contribution in [2.24, 2.45) is 11.0 Å². The Morgan fingerprint density at radius 3 is 2.79 bits per heavy atom. The number of thioether (sulfide) groups is 1. The fourth-order valence-electron chi connectivity index (χ4n) is 3.70. The zero-order valence-corrected chi connectivity index (χ0v) is 16.1. The van der Waals surface area contributed by atoms with Gasteiger partial charge in [-0.25, -0.2) is 13.8 Å². The zero-order valence-electron chi connectivity index (χ0n) is 15.3. The molecule has 2 unspecified atom stereocenters. The monoisotopic (exact) mass is 418 g/mol. The molecule has 2 aromatic rings. The minimum atomic E-state index is -1.24. The van der Waals surface area contributed by atoms with Crippen LogP contribution in [0.3, 0.4) is 0 Å². The van der Waals surface area contributed by atoms with Crippen molar-refractivity contribution in [3.63, 3.8) is 0 Å². The molecule has 6 nitrogen and oxygen atoms in total. The molecule has 2 atom stereocenters. The van der Waals surface area contributed by atoms with Crippen LogP contribution >= 0.6 is 11.8 Å². The molecule has 4 rings (SSSR count). The van der Waals surface area contributed by atoms with E-state index in [2.05, 4.69) is 5.10 Å². The highest BCUT2D eigenvalue weighted by atomic mass is 32.2. The number of hydrazone groups is 1. The topological polar surface area (TPSA) is 79.2 Å². The first kappa shape index (κ1) is 19.4. The van der Waals surface area contributed by atoms with Crippen LogP contribution in [0, 0.1) is 17.6 Å². The Bertz CT molecular complexity index is 1040. The molecule has 150 valence electrons. The number of hydrogen-bond acceptors (Lipinski definition) is 5. The number of carbonyl (C=O) groups excluding carboxylic acids is 1. The number of rotatable bonds is 3. The summed E-state index contributed by atoms with van der Waals surface area (Å²) in [5, 5.41) is 15.0. The van der Waals surface area contributed by atoms with Crippen LogP contribution in [-0.2, 0) is 14.5 Å². The van der Waals surface area contributed by atoms with E-state index < -0.39 is 34.3 Å². The summed E-state index contributed by atoms with van der Waals surface area (Å²) in [7, 11) is 0. The molecule has 0 aromatic heterocycles. The average Bonchev–Trinajstić information content (AvgIpc) is 3.07. The highest BCUT2D eigenvalue weighted by Gasteiger charge is 2.57. The molecule has 0 saturated heterocycles. The molecular formula is C20H16F2N2O4S. The van der Waals surface area contributed by atoms with Gasteiger partial charge in [0.25, 0.3) is 0 Å². The summed E-state index contributed by atoms with van der Waals surface area (Å²) in [6.45, 7) is 1.33. The van der Waals surface area contributed by atoms with Gasteiger partial charge in [-0.1, -0.05) is 30.0 Å². The van der Waals surface area contributed by atoms with Crippen LogP contribution < -0.4 is 4.74 Å². The van der Waals surface area contributed by atoms with E-state index in [1.807, 2.05) is 0 Å². The molecule has 1 amide bonds. The summed E-state index contributed by atoms with van der Waals surface area (Å²) in [6, 6.07) is 9.94. The highest BCUT2D eigenvalue weighted by Crippen LogP contribution is 2.57. The Balaban J connectivity index is 1.90. The van der Waals surface area contributed by atoms with Crippen molar-refractivity contribution in [3.05, 3.63) is 65.2 Å². The van der Waals surface area contributed by atoms with Crippen LogP contribution in [-0.4, -0.2) is 33.6 Å². The molecule has 0 saturated carbocycles. The predicted molar refractivity (Wildman–Crippen MR) is 102 cm³/mol. The molecule has 2 aliphatic heterocycles. The van der Waals surface area contributed by atoms with Gasteiger partial charge in [0.15, 0.2) is 4.87 Å². The fourth-order valence-corrected chi connectivity index (χ4v) is 5.23. The van der Waals surface area contributed by atoms with Crippen molar-refractivity contribution in [2.45, 2.75) is 18.2 Å². The Kier molecular flexibility index (Phi) is 4.77. The summed E-state index contributed by atoms with van der Waals surface area (Å²) < 4.78 is 33.9. The number of ether oxygens (including phenoxy) is 1. The molecular weight excluding hydrogens is 402 g/mol. The Morgan fingerprint density at radius 2 is 2.07 bits per heavy atom. The number of fused-ring (bicyclic) bond motifs is 2. The maximum atomic E-state index is 14.4. The van der Waals surface area contributed by atoms with Gasteiger partial charge in [0.2, 0.25) is 5.91 Å². The van der Waals surface area contributed by atoms with Gasteiger partial charge in [0.05, 0.1) is 13.0 Å². The van der Waals surface area contributed by atoms with Crippen LogP contribution in [0.25, 0.3) is 0 Å². The van der Waals surface area contributed by atoms with Gasteiger partial charge in [-0.3, -0.25) is 9.59 Å². The second kappa shape index (κ2) is 7.14. The lowest BCUT2D eigenvalue weighted by Gasteiger charge is -2.44. The second-order valence-electron chi connectivity index (χ2n) is 6.76. The van der Waals surface area contributed by atoms with Gasteiger partial charge in [-0.2, -0.15) is 5.10 Å². The quantitative estimate of drug-likeness (QED) is 0.825. The van der Waals surface area contributed by atoms with E-state index in [9.17, 15) is 23.5 Å². The molecule has 29 heavy (non-hydrogen) atoms. The molecule has 2 aliphatic rings. The van der Waals surface area contributed by atoms with Gasteiger partial charge >= 0.3 is 5.97 Å². The van der Waals surface area contributed by atoms with Gasteiger partial charge < -0.3 is 9.84 Å². The van der Waals surface area contributed by atoms with E-state index in [4.69, 9.17) is 4.74 Å². The van der Waals surface area contributed by atoms with Crippen LogP contribution in [0.15, 0.2) is 47.6 Å². The maximum absolute atomic E-state index is 14.4. The third-order valence-electron chi connectivity index (χ3n) is 4.90. The third-order valence-corrected chi connectivity index (χ3v) is 6.43. The fraction of sp³-hybridized carbons (Fsp3) is 0.250. The van der Waals surface area contributed by atoms with E-state index in [-0.39, 0.29) is 23.6 Å². The van der Waals surface area contributed by atoms with Crippen molar-refractivity contribution >= 4 is 28.7 Å². The van der Waals surface area contributed by atoms with Gasteiger partial charge in [-0.15, -0.1) is 0 Å². The number of nitrogens with zero attached hydrogens (tertiary/aromatic N) is 2. The molecule has 0 aliphatic carbocycles. The van der Waals surface area contributed by atoms with Gasteiger partial charge in [0, 0.05) is 24.0 Å². The van der Waals surface area contributed by atoms with E-state index in [1.165, 1.54) is 11.9 Å². The van der Waals surface area contributed by atoms with Crippen molar-refractivity contribution in [1.29, 1.82) is 0 Å². The standard InChI is InChI=1S/C20H16F2N2O4S/c1-11(25)24-20(29-19(23-24)14-9-13(21)6-7-16(14)22)12(8-18(26)27)10-28-17-5-3-2-4-15(17)20/h2-7,9,12H,8,10H2,1H3,(H,26,27). The predicted octanol–water partition coefficient (Wildman–Crippen LogP) is 3.56. The van der Waals surface area contributed by atoms with Crippen molar-refractivity contribution in [3.8, 4) is 5.75 Å². The largest absolute Gasteiger partial charge is 0.493 e. The summed E-state index contributed by atoms with van der Waals surface area (Å²) in [5.41, 5.74) is 0.476. The summed E-state index contributed by atoms with van der Waals surface area (Å²) in [6.07, 6.45) is -0.292. The van der Waals surface area contributed by atoms with E-state index >= 15 is 0 Å². The van der Waals surface area contributed by atoms with Crippen LogP contribution in [0.2, 0.25) is 0 Å². The van der Waals surface area contributed by atoms with Crippen molar-refractivity contribution in [2.75, 3.05) is 6.61 Å². The highest BCUT2D eigenvalue weighted by molar-refractivity contribution is 8.15. The molecule has 0 fully saturated rings. The number of benzene rings is 2. The number of hydrogen-bond donors (Lipinski definition) is 1. The summed E-state index contributed by atoms with van der Waals surface area (Å²) >= 11 is 1.04. The molecule has 0 radical (unpaired) electrons. The lowest BCUT2D eigenvalue weighted by atomic mass is 9.86. The van der Waals surface area contributed by atoms with Crippen LogP contribution in [0.1, 0.15) is 24.5 Å². The van der Waals surface area contributed by atoms with Crippen LogP contribution in [0.4, 0.5) is 8.78 Å². The number of halogens is 2. The molecule has 1 N–H and O–H groups in total. The minimum absolute atomic E-state index is 0.0362. The first-order chi connectivity index (χ1) is 13.8. The van der Waals surface area contributed by atoms with E-state index in [1.54, 1.807) is 24.3 Å². The Morgan fingerprint density at radius 1 is 1.31 bits per heavy atom. The first-order valence-corrected chi connectivity index (χ1v) is 9.62. The Hall–Kier alpha value is -2.94. The van der Waals surface area contributed by atoms with Crippen molar-refractivity contribution < 1.29 is 28.2 Å². The number of amides is 1. The number of para-hydroxylation sites is 1. The number of carboxylic acid groups (broad SMARTS) is 1. The number of carboxylic acids is 1. The van der Waals surface area contributed by atoms with Gasteiger partial charge in [0.1, 0.15) is 22.4 Å². The van der Waals surface area contributed by atoms with Gasteiger partial charge in [-0.05, 0) is 24.3 Å². The minimum Gasteiger partial charge on any atom is -0.493 e. The summed E-state index contributed by atoms with van der Waals surface area (Å²) in [5.74, 6) is -3.02. The first-order valence-electron chi connectivity index (χ1n) is 8.81. The number of aliphatic carboxylic acids is 1. The molecule has 2 heterocycles. The second-order valence-corrected chi connectivity index (χ2v) is 7.97. The normalized spacial score (nSPS) is 22.8. The molecule has 1 spiro atoms. The Labute approximate surface area is 169 Å². The average molecular weight is 418 g/mol. The molecule has 9 heteroatoms. The third kappa shape index (κ3) is 3.15. The van der Waals surface area contributed by atoms with E-state index in [0.29, 0.717) is 11.3 Å². The lowest BCUT2D eigenvalue weighted by molar-refractivity contribution is -0.143. The van der Waals surface area contributed by atoms with Crippen LogP contribution in [0.5, 0.6) is 5.75 Å².